The van der Waals surface area contributed by atoms with Gasteiger partial charge in [-0.05, 0) is 6.07 Å². The smallest absolute Gasteiger partial charge is 0.298 e. The van der Waals surface area contributed by atoms with Gasteiger partial charge < -0.3 is 0 Å². The molecular weight excluding hydrogens is 267 g/mol. The molecular formula is C8H3F5N2O3. The Balaban J connectivity index is 3.64. The van der Waals surface area contributed by atoms with Crippen molar-refractivity contribution < 1.29 is 31.7 Å². The Bertz CT molecular complexity index is 500. The molecule has 1 heterocycles. The lowest BCUT2D eigenvalue weighted by Crippen LogP contribution is -2.13. The van der Waals surface area contributed by atoms with Crippen LogP contribution in [0.25, 0.3) is 0 Å². The molecule has 0 saturated carbocycles. The van der Waals surface area contributed by atoms with Gasteiger partial charge in [-0.15, -0.1) is 0 Å². The number of rotatable bonds is 3. The number of aldehydes is 1. The number of hydrogen-bond donors (Lipinski definition) is 0. The van der Waals surface area contributed by atoms with Crippen molar-refractivity contribution in [1.82, 2.24) is 4.98 Å². The van der Waals surface area contributed by atoms with Crippen LogP contribution in [-0.2, 0) is 6.18 Å². The van der Waals surface area contributed by atoms with Gasteiger partial charge in [0.1, 0.15) is 5.69 Å². The normalized spacial score (nSPS) is 11.7. The zero-order valence-electron chi connectivity index (χ0n) is 8.24. The second-order valence-electron chi connectivity index (χ2n) is 3.00. The van der Waals surface area contributed by atoms with Crippen molar-refractivity contribution in [3.05, 3.63) is 33.1 Å². The number of alkyl halides is 5. The second kappa shape index (κ2) is 4.63. The Morgan fingerprint density at radius 3 is 2.28 bits per heavy atom. The molecule has 0 saturated heterocycles. The number of halogens is 5. The Morgan fingerprint density at radius 2 is 1.94 bits per heavy atom. The monoisotopic (exact) mass is 270 g/mol. The highest BCUT2D eigenvalue weighted by Gasteiger charge is 2.38. The molecule has 0 aliphatic rings. The van der Waals surface area contributed by atoms with Crippen molar-refractivity contribution in [2.45, 2.75) is 12.6 Å². The molecule has 0 aliphatic heterocycles. The van der Waals surface area contributed by atoms with Crippen molar-refractivity contribution in [2.75, 3.05) is 0 Å². The van der Waals surface area contributed by atoms with Crippen LogP contribution in [-0.4, -0.2) is 16.2 Å². The molecule has 0 spiro atoms. The highest BCUT2D eigenvalue weighted by atomic mass is 19.4. The number of nitrogens with zero attached hydrogens (tertiary/aromatic N) is 2. The second-order valence-corrected chi connectivity index (χ2v) is 3.00. The summed E-state index contributed by atoms with van der Waals surface area (Å²) in [5.41, 5.74) is -5.99. The molecule has 0 fully saturated rings. The summed E-state index contributed by atoms with van der Waals surface area (Å²) in [4.78, 5) is 22.0. The minimum absolute atomic E-state index is 0.0526. The first-order chi connectivity index (χ1) is 8.18. The van der Waals surface area contributed by atoms with Crippen molar-refractivity contribution >= 4 is 12.0 Å². The Labute approximate surface area is 95.4 Å². The third-order valence-electron chi connectivity index (χ3n) is 1.86. The first-order valence-electron chi connectivity index (χ1n) is 4.18. The summed E-state index contributed by atoms with van der Waals surface area (Å²) in [5.74, 6) is 0. The highest BCUT2D eigenvalue weighted by molar-refractivity contribution is 5.82. The van der Waals surface area contributed by atoms with E-state index in [4.69, 9.17) is 0 Å². The van der Waals surface area contributed by atoms with Crippen molar-refractivity contribution in [3.8, 4) is 0 Å². The lowest BCUT2D eigenvalue weighted by atomic mass is 10.1. The molecule has 1 rings (SSSR count). The van der Waals surface area contributed by atoms with E-state index >= 15 is 0 Å². The van der Waals surface area contributed by atoms with Gasteiger partial charge >= 0.3 is 11.9 Å². The van der Waals surface area contributed by atoms with Crippen molar-refractivity contribution in [2.24, 2.45) is 0 Å². The predicted molar refractivity (Wildman–Crippen MR) is 46.2 cm³/mol. The molecule has 0 aromatic carbocycles. The number of hydrogen-bond acceptors (Lipinski definition) is 4. The van der Waals surface area contributed by atoms with Crippen molar-refractivity contribution in [3.63, 3.8) is 0 Å². The van der Waals surface area contributed by atoms with Crippen molar-refractivity contribution in [1.29, 1.82) is 0 Å². The van der Waals surface area contributed by atoms with E-state index in [0.717, 1.165) is 0 Å². The minimum Gasteiger partial charge on any atom is -0.298 e. The van der Waals surface area contributed by atoms with Gasteiger partial charge in [0.2, 0.25) is 0 Å². The summed E-state index contributed by atoms with van der Waals surface area (Å²) in [6, 6.07) is 0.0526. The van der Waals surface area contributed by atoms with Crippen LogP contribution in [0.2, 0.25) is 0 Å². The van der Waals surface area contributed by atoms with E-state index in [2.05, 4.69) is 4.98 Å². The van der Waals surface area contributed by atoms with E-state index in [1.165, 1.54) is 0 Å². The van der Waals surface area contributed by atoms with Gasteiger partial charge in [0, 0.05) is 0 Å². The maximum absolute atomic E-state index is 12.4. The van der Waals surface area contributed by atoms with Crippen LogP contribution in [0.15, 0.2) is 6.07 Å². The summed E-state index contributed by atoms with van der Waals surface area (Å²) >= 11 is 0. The fourth-order valence-corrected chi connectivity index (χ4v) is 1.16. The minimum atomic E-state index is -5.09. The van der Waals surface area contributed by atoms with Crippen LogP contribution in [0, 0.1) is 10.1 Å². The molecule has 0 N–H and O–H groups in total. The summed E-state index contributed by atoms with van der Waals surface area (Å²) in [5, 5.41) is 10.5. The number of carbonyl (C=O) groups excluding carboxylic acids is 1. The average molecular weight is 270 g/mol. The van der Waals surface area contributed by atoms with E-state index < -0.39 is 40.2 Å². The topological polar surface area (TPSA) is 73.1 Å². The fraction of sp³-hybridized carbons (Fsp3) is 0.250. The lowest BCUT2D eigenvalue weighted by Gasteiger charge is -2.09. The maximum atomic E-state index is 12.4. The van der Waals surface area contributed by atoms with E-state index in [1.54, 1.807) is 0 Å². The summed E-state index contributed by atoms with van der Waals surface area (Å²) in [6.45, 7) is 0. The fourth-order valence-electron chi connectivity index (χ4n) is 1.16. The molecule has 10 heteroatoms. The molecule has 0 bridgehead atoms. The van der Waals surface area contributed by atoms with Gasteiger partial charge in [0.05, 0.1) is 10.5 Å². The van der Waals surface area contributed by atoms with Crippen LogP contribution < -0.4 is 0 Å². The van der Waals surface area contributed by atoms with E-state index in [1.807, 2.05) is 0 Å². The maximum Gasteiger partial charge on any atom is 0.433 e. The van der Waals surface area contributed by atoms with Crippen LogP contribution in [0.3, 0.4) is 0 Å². The van der Waals surface area contributed by atoms with Crippen LogP contribution in [0.4, 0.5) is 27.6 Å². The first kappa shape index (κ1) is 13.9. The highest BCUT2D eigenvalue weighted by Crippen LogP contribution is 2.35. The first-order valence-corrected chi connectivity index (χ1v) is 4.18. The molecule has 0 atom stereocenters. The molecule has 1 aromatic rings. The molecule has 0 unspecified atom stereocenters. The molecule has 1 aromatic heterocycles. The van der Waals surface area contributed by atoms with Gasteiger partial charge in [0.15, 0.2) is 12.0 Å². The SMILES string of the molecule is O=Cc1cc(C(F)(F)F)nc(C(F)F)c1[N+](=O)[O-]. The van der Waals surface area contributed by atoms with Gasteiger partial charge in [-0.1, -0.05) is 0 Å². The van der Waals surface area contributed by atoms with Gasteiger partial charge in [-0.3, -0.25) is 14.9 Å². The Hall–Kier alpha value is -2.13. The van der Waals surface area contributed by atoms with Crippen LogP contribution in [0.5, 0.6) is 0 Å². The summed E-state index contributed by atoms with van der Waals surface area (Å²) in [6.07, 6.45) is -9.00. The third-order valence-corrected chi connectivity index (χ3v) is 1.86. The summed E-state index contributed by atoms with van der Waals surface area (Å²) in [7, 11) is 0. The number of pyridine rings is 1. The Kier molecular flexibility index (Phi) is 3.58. The largest absolute Gasteiger partial charge is 0.433 e. The van der Waals surface area contributed by atoms with E-state index in [9.17, 15) is 36.9 Å². The zero-order chi connectivity index (χ0) is 14.1. The van der Waals surface area contributed by atoms with Gasteiger partial charge in [0.25, 0.3) is 6.43 Å². The average Bonchev–Trinajstić information content (AvgIpc) is 2.25. The molecule has 5 nitrogen and oxygen atoms in total. The standard InChI is InChI=1S/C8H3F5N2O3/c9-7(10)5-6(15(17)18)3(2-16)1-4(14-5)8(11,12)13/h1-2,7H. The van der Waals surface area contributed by atoms with Gasteiger partial charge in [-0.2, -0.15) is 13.2 Å². The molecule has 0 amide bonds. The zero-order valence-corrected chi connectivity index (χ0v) is 8.24. The molecule has 0 radical (unpaired) electrons. The van der Waals surface area contributed by atoms with Crippen LogP contribution in [0.1, 0.15) is 28.2 Å². The van der Waals surface area contributed by atoms with E-state index in [0.29, 0.717) is 0 Å². The number of aromatic nitrogens is 1. The summed E-state index contributed by atoms with van der Waals surface area (Å²) < 4.78 is 61.7. The van der Waals surface area contributed by atoms with Crippen LogP contribution >= 0.6 is 0 Å². The molecule has 98 valence electrons. The Morgan fingerprint density at radius 1 is 1.39 bits per heavy atom. The predicted octanol–water partition coefficient (Wildman–Crippen LogP) is 2.76. The van der Waals surface area contributed by atoms with Gasteiger partial charge in [-0.25, -0.2) is 13.8 Å². The number of carbonyl (C=O) groups is 1. The number of nitro groups is 1. The third kappa shape index (κ3) is 2.57. The van der Waals surface area contributed by atoms with E-state index in [-0.39, 0.29) is 12.4 Å². The molecule has 0 aliphatic carbocycles. The lowest BCUT2D eigenvalue weighted by molar-refractivity contribution is -0.386. The molecule has 18 heavy (non-hydrogen) atoms. The quantitative estimate of drug-likeness (QED) is 0.366.